The fourth-order valence-electron chi connectivity index (χ4n) is 3.81. The Labute approximate surface area is 176 Å². The maximum Gasteiger partial charge on any atom is 0.252 e. The molecule has 0 spiro atoms. The highest BCUT2D eigenvalue weighted by atomic mass is 16.5. The summed E-state index contributed by atoms with van der Waals surface area (Å²) in [6.45, 7) is 2.70. The smallest absolute Gasteiger partial charge is 0.252 e. The highest BCUT2D eigenvalue weighted by molar-refractivity contribution is 6.10. The number of hydrogen-bond donors (Lipinski definition) is 1. The summed E-state index contributed by atoms with van der Waals surface area (Å²) < 4.78 is 12.5. The van der Waals surface area contributed by atoms with E-state index in [1.165, 1.54) is 5.56 Å². The predicted octanol–water partition coefficient (Wildman–Crippen LogP) is 4.11. The van der Waals surface area contributed by atoms with E-state index in [9.17, 15) is 4.79 Å². The molecule has 1 aliphatic carbocycles. The second-order valence-electron chi connectivity index (χ2n) is 7.32. The summed E-state index contributed by atoms with van der Waals surface area (Å²) in [7, 11) is 3.25. The summed E-state index contributed by atoms with van der Waals surface area (Å²) in [4.78, 5) is 12.8. The topological polar surface area (TPSA) is 65.4 Å². The Morgan fingerprint density at radius 1 is 1.13 bits per heavy atom. The molecule has 1 aromatic heterocycles. The van der Waals surface area contributed by atoms with Gasteiger partial charge in [0.2, 0.25) is 0 Å². The van der Waals surface area contributed by atoms with Crippen molar-refractivity contribution >= 4 is 17.2 Å². The molecule has 1 N–H and O–H groups in total. The number of amides is 1. The van der Waals surface area contributed by atoms with Crippen molar-refractivity contribution in [2.45, 2.75) is 26.3 Å². The van der Waals surface area contributed by atoms with Crippen LogP contribution >= 0.6 is 0 Å². The van der Waals surface area contributed by atoms with Gasteiger partial charge in [-0.05, 0) is 47.7 Å². The van der Waals surface area contributed by atoms with Crippen LogP contribution in [0.15, 0.2) is 60.4 Å². The van der Waals surface area contributed by atoms with Gasteiger partial charge in [0, 0.05) is 24.7 Å². The first-order valence-corrected chi connectivity index (χ1v) is 9.91. The molecule has 0 fully saturated rings. The van der Waals surface area contributed by atoms with Crippen molar-refractivity contribution in [2.24, 2.45) is 0 Å². The number of carbonyl (C=O) groups is 1. The Balaban J connectivity index is 1.38. The van der Waals surface area contributed by atoms with Crippen LogP contribution in [-0.2, 0) is 24.2 Å². The lowest BCUT2D eigenvalue weighted by atomic mass is 10.1. The largest absolute Gasteiger partial charge is 0.493 e. The lowest BCUT2D eigenvalue weighted by Crippen LogP contribution is -2.14. The fourth-order valence-corrected chi connectivity index (χ4v) is 3.81. The van der Waals surface area contributed by atoms with Crippen molar-refractivity contribution < 1.29 is 14.3 Å². The van der Waals surface area contributed by atoms with Gasteiger partial charge in [-0.3, -0.25) is 9.48 Å². The van der Waals surface area contributed by atoms with Crippen LogP contribution in [0.3, 0.4) is 0 Å². The number of aryl methyl sites for hydroxylation is 2. The van der Waals surface area contributed by atoms with Gasteiger partial charge in [0.05, 0.1) is 26.1 Å². The number of fused-ring (bicyclic) bond motifs is 1. The van der Waals surface area contributed by atoms with Gasteiger partial charge in [0.1, 0.15) is 0 Å². The van der Waals surface area contributed by atoms with Crippen LogP contribution in [0.4, 0.5) is 5.69 Å². The molecule has 0 saturated carbocycles. The van der Waals surface area contributed by atoms with E-state index in [1.807, 2.05) is 48.1 Å². The summed E-state index contributed by atoms with van der Waals surface area (Å²) in [5.74, 6) is 1.36. The zero-order valence-electron chi connectivity index (χ0n) is 17.4. The molecule has 0 saturated heterocycles. The molecule has 154 valence electrons. The van der Waals surface area contributed by atoms with Crippen LogP contribution in [0.5, 0.6) is 11.5 Å². The van der Waals surface area contributed by atoms with E-state index in [1.54, 1.807) is 20.4 Å². The van der Waals surface area contributed by atoms with Gasteiger partial charge in [0.15, 0.2) is 11.5 Å². The number of nitrogens with one attached hydrogen (secondary N) is 1. The molecule has 6 nitrogen and oxygen atoms in total. The van der Waals surface area contributed by atoms with Gasteiger partial charge < -0.3 is 14.8 Å². The van der Waals surface area contributed by atoms with Crippen LogP contribution in [-0.4, -0.2) is 29.9 Å². The molecule has 1 heterocycles. The number of ether oxygens (including phenoxy) is 2. The maximum absolute atomic E-state index is 12.8. The van der Waals surface area contributed by atoms with Crippen molar-refractivity contribution in [3.05, 3.63) is 77.1 Å². The molecule has 1 amide bonds. The molecule has 0 atom stereocenters. The third kappa shape index (κ3) is 3.94. The Kier molecular flexibility index (Phi) is 5.57. The molecule has 6 heteroatoms. The predicted molar refractivity (Wildman–Crippen MR) is 117 cm³/mol. The number of allylic oxidation sites excluding steroid dienone is 1. The fraction of sp³-hybridized carbons (Fsp3) is 0.250. The average molecular weight is 403 g/mol. The average Bonchev–Trinajstić information content (AvgIpc) is 3.36. The van der Waals surface area contributed by atoms with Crippen LogP contribution in [0.25, 0.3) is 5.57 Å². The van der Waals surface area contributed by atoms with E-state index in [0.29, 0.717) is 30.2 Å². The van der Waals surface area contributed by atoms with Gasteiger partial charge >= 0.3 is 0 Å². The summed E-state index contributed by atoms with van der Waals surface area (Å²) in [5.41, 5.74) is 6.04. The number of nitrogens with zero attached hydrogens (tertiary/aromatic N) is 2. The zero-order chi connectivity index (χ0) is 21.1. The molecule has 4 rings (SSSR count). The molecular formula is C24H25N3O3. The van der Waals surface area contributed by atoms with E-state index >= 15 is 0 Å². The first-order valence-electron chi connectivity index (χ1n) is 9.91. The second-order valence-corrected chi connectivity index (χ2v) is 7.32. The zero-order valence-corrected chi connectivity index (χ0v) is 17.4. The van der Waals surface area contributed by atoms with Gasteiger partial charge in [-0.25, -0.2) is 0 Å². The second kappa shape index (κ2) is 8.45. The SMILES string of the molecule is COc1ccc(CCn2cc(NC(=O)C3=C(C)c4ccccc4C3)cn2)cc1OC. The number of anilines is 1. The quantitative estimate of drug-likeness (QED) is 0.645. The molecule has 2 aromatic carbocycles. The Bertz CT molecular complexity index is 1110. The lowest BCUT2D eigenvalue weighted by molar-refractivity contribution is -0.112. The van der Waals surface area contributed by atoms with E-state index in [-0.39, 0.29) is 5.91 Å². The third-order valence-corrected chi connectivity index (χ3v) is 5.48. The van der Waals surface area contributed by atoms with Gasteiger partial charge in [-0.1, -0.05) is 30.3 Å². The number of carbonyl (C=O) groups excluding carboxylic acids is 1. The van der Waals surface area contributed by atoms with Crippen LogP contribution in [0, 0.1) is 0 Å². The molecule has 30 heavy (non-hydrogen) atoms. The number of benzene rings is 2. The van der Waals surface area contributed by atoms with E-state index in [2.05, 4.69) is 22.5 Å². The summed E-state index contributed by atoms with van der Waals surface area (Å²) in [6.07, 6.45) is 5.00. The van der Waals surface area contributed by atoms with Crippen molar-refractivity contribution in [2.75, 3.05) is 19.5 Å². The minimum atomic E-state index is -0.0665. The normalized spacial score (nSPS) is 12.6. The monoisotopic (exact) mass is 403 g/mol. The molecule has 0 unspecified atom stereocenters. The minimum absolute atomic E-state index is 0.0665. The molecule has 0 aliphatic heterocycles. The minimum Gasteiger partial charge on any atom is -0.493 e. The van der Waals surface area contributed by atoms with Gasteiger partial charge in [-0.15, -0.1) is 0 Å². The van der Waals surface area contributed by atoms with Crippen molar-refractivity contribution in [3.63, 3.8) is 0 Å². The first-order chi connectivity index (χ1) is 14.6. The van der Waals surface area contributed by atoms with Crippen molar-refractivity contribution in [1.82, 2.24) is 9.78 Å². The molecular weight excluding hydrogens is 378 g/mol. The summed E-state index contributed by atoms with van der Waals surface area (Å²) in [5, 5.41) is 7.36. The Hall–Kier alpha value is -3.54. The van der Waals surface area contributed by atoms with E-state index in [4.69, 9.17) is 9.47 Å². The molecule has 1 aliphatic rings. The van der Waals surface area contributed by atoms with Crippen LogP contribution in [0.1, 0.15) is 23.6 Å². The summed E-state index contributed by atoms with van der Waals surface area (Å²) in [6, 6.07) is 14.0. The first kappa shape index (κ1) is 19.8. The third-order valence-electron chi connectivity index (χ3n) is 5.48. The van der Waals surface area contributed by atoms with Gasteiger partial charge in [-0.2, -0.15) is 5.10 Å². The molecule has 0 radical (unpaired) electrons. The number of hydrogen-bond acceptors (Lipinski definition) is 4. The van der Waals surface area contributed by atoms with Crippen molar-refractivity contribution in [3.8, 4) is 11.5 Å². The highest BCUT2D eigenvalue weighted by Crippen LogP contribution is 2.33. The Morgan fingerprint density at radius 2 is 1.93 bits per heavy atom. The highest BCUT2D eigenvalue weighted by Gasteiger charge is 2.23. The maximum atomic E-state index is 12.8. The Morgan fingerprint density at radius 3 is 2.70 bits per heavy atom. The number of aromatic nitrogens is 2. The number of methoxy groups -OCH3 is 2. The summed E-state index contributed by atoms with van der Waals surface area (Å²) >= 11 is 0. The van der Waals surface area contributed by atoms with Crippen LogP contribution < -0.4 is 14.8 Å². The molecule has 0 bridgehead atoms. The van der Waals surface area contributed by atoms with Gasteiger partial charge in [0.25, 0.3) is 5.91 Å². The van der Waals surface area contributed by atoms with Crippen molar-refractivity contribution in [1.29, 1.82) is 0 Å². The van der Waals surface area contributed by atoms with E-state index in [0.717, 1.165) is 28.7 Å². The lowest BCUT2D eigenvalue weighted by Gasteiger charge is -2.09. The molecule has 3 aromatic rings. The van der Waals surface area contributed by atoms with E-state index < -0.39 is 0 Å². The standard InChI is InChI=1S/C24H25N3O3/c1-16-20-7-5-4-6-18(20)13-21(16)24(28)26-19-14-25-27(15-19)11-10-17-8-9-22(29-2)23(12-17)30-3/h4-9,12,14-15H,10-11,13H2,1-3H3,(H,26,28). The number of rotatable bonds is 7. The van der Waals surface area contributed by atoms with Crippen LogP contribution in [0.2, 0.25) is 0 Å².